The Hall–Kier alpha value is -7.64. The first-order chi connectivity index (χ1) is 32.5. The van der Waals surface area contributed by atoms with Crippen molar-refractivity contribution in [3.63, 3.8) is 0 Å². The minimum atomic E-state index is 0.147. The maximum Gasteiger partial charge on any atom is 0.149 e. The van der Waals surface area contributed by atoms with Gasteiger partial charge in [-0.05, 0) is 71.5 Å². The Morgan fingerprint density at radius 2 is 1.07 bits per heavy atom. The molecule has 0 fully saturated rings. The fourth-order valence-electron chi connectivity index (χ4n) is 6.89. The molecule has 2 heterocycles. The number of nitriles is 2. The van der Waals surface area contributed by atoms with Crippen molar-refractivity contribution in [2.75, 3.05) is 13.1 Å². The monoisotopic (exact) mass is 941 g/mol. The molecule has 19 heteroatoms. The Morgan fingerprint density at radius 3 is 1.51 bits per heavy atom. The van der Waals surface area contributed by atoms with Gasteiger partial charge in [0.2, 0.25) is 0 Å². The minimum Gasteiger partial charge on any atom is -0.488 e. The zero-order chi connectivity index (χ0) is 47.7. The number of nitrogens with zero attached hydrogens (tertiary/aromatic N) is 6. The third-order valence-corrected chi connectivity index (χ3v) is 11.1. The number of rotatable bonds is 21. The van der Waals surface area contributed by atoms with E-state index in [1.54, 1.807) is 48.8 Å². The van der Waals surface area contributed by atoms with Crippen LogP contribution in [0.15, 0.2) is 108 Å². The molecule has 0 amide bonds. The summed E-state index contributed by atoms with van der Waals surface area (Å²) in [6.45, 7) is 6.06. The number of pyridine rings is 2. The number of ether oxygens (including phenoxy) is 4. The van der Waals surface area contributed by atoms with Gasteiger partial charge in [0, 0.05) is 72.3 Å². The molecule has 0 aliphatic heterocycles. The highest BCUT2D eigenvalue weighted by atomic mass is 35.5. The summed E-state index contributed by atoms with van der Waals surface area (Å²) in [5, 5.41) is 33.0. The van der Waals surface area contributed by atoms with Crippen molar-refractivity contribution in [1.82, 2.24) is 26.0 Å². The van der Waals surface area contributed by atoms with Gasteiger partial charge >= 0.3 is 0 Å². The number of nitrogens with one attached hydrogen (secondary N) is 3. The van der Waals surface area contributed by atoms with Crippen molar-refractivity contribution in [3.8, 4) is 46.3 Å². The molecule has 0 atom stereocenters. The van der Waals surface area contributed by atoms with Gasteiger partial charge in [-0.3, -0.25) is 9.97 Å². The van der Waals surface area contributed by atoms with Crippen molar-refractivity contribution < 1.29 is 18.9 Å². The Morgan fingerprint density at radius 1 is 0.612 bits per heavy atom. The maximum absolute atomic E-state index is 9.36. The van der Waals surface area contributed by atoms with Gasteiger partial charge < -0.3 is 52.4 Å². The van der Waals surface area contributed by atoms with E-state index in [1.165, 1.54) is 12.4 Å². The number of hydrazone groups is 2. The van der Waals surface area contributed by atoms with Gasteiger partial charge in [-0.2, -0.15) is 20.7 Å². The second-order valence-corrected chi connectivity index (χ2v) is 15.9. The van der Waals surface area contributed by atoms with E-state index in [9.17, 15) is 10.5 Å². The number of benzene rings is 4. The molecule has 2 aromatic heterocycles. The van der Waals surface area contributed by atoms with E-state index in [-0.39, 0.29) is 45.4 Å². The zero-order valence-corrected chi connectivity index (χ0v) is 38.3. The third-order valence-electron chi connectivity index (χ3n) is 10.5. The lowest BCUT2D eigenvalue weighted by atomic mass is 9.92. The van der Waals surface area contributed by atoms with E-state index in [4.69, 9.17) is 65.4 Å². The van der Waals surface area contributed by atoms with Crippen LogP contribution in [0.5, 0.6) is 23.0 Å². The Balaban J connectivity index is 1.19. The fraction of sp³-hybridized carbons (Fsp3) is 0.208. The lowest BCUT2D eigenvalue weighted by Crippen LogP contribution is -2.38. The summed E-state index contributed by atoms with van der Waals surface area (Å²) in [5.41, 5.74) is 18.0. The summed E-state index contributed by atoms with van der Waals surface area (Å²) < 4.78 is 25.3. The van der Waals surface area contributed by atoms with Crippen molar-refractivity contribution in [2.45, 2.75) is 53.4 Å². The van der Waals surface area contributed by atoms with Gasteiger partial charge in [0.15, 0.2) is 0 Å². The smallest absolute Gasteiger partial charge is 0.149 e. The molecular weight excluding hydrogens is 894 g/mol. The van der Waals surface area contributed by atoms with Crippen LogP contribution in [0.1, 0.15) is 55.6 Å². The number of amidine groups is 2. The van der Waals surface area contributed by atoms with Crippen LogP contribution < -0.4 is 58.3 Å². The summed E-state index contributed by atoms with van der Waals surface area (Å²) in [6, 6.07) is 26.9. The van der Waals surface area contributed by atoms with E-state index in [0.29, 0.717) is 63.1 Å². The van der Waals surface area contributed by atoms with E-state index in [2.05, 4.69) is 74.3 Å². The molecular formula is C48H49Cl2N13O4. The fourth-order valence-corrected chi connectivity index (χ4v) is 7.37. The molecule has 0 radical (unpaired) electrons. The highest BCUT2D eigenvalue weighted by Crippen LogP contribution is 2.37. The Labute approximate surface area is 398 Å². The summed E-state index contributed by atoms with van der Waals surface area (Å²) in [6.07, 6.45) is 6.26. The second-order valence-electron chi connectivity index (χ2n) is 15.0. The molecule has 0 unspecified atom stereocenters. The minimum absolute atomic E-state index is 0.147. The van der Waals surface area contributed by atoms with Crippen LogP contribution in [0.3, 0.4) is 0 Å². The summed E-state index contributed by atoms with van der Waals surface area (Å²) in [7, 11) is 0. The summed E-state index contributed by atoms with van der Waals surface area (Å²) >= 11 is 13.6. The highest BCUT2D eigenvalue weighted by Gasteiger charge is 2.17. The standard InChI is InChI=1S/C48H49Cl2N13O4/c1-29-35(27-66-45-13-43(64-25-33-9-31(15-51)17-57-19-33)37(11-41(45)49)21-59-23-47(53)61-54)5-3-7-39(29)40-8-4-6-36(30(40)2)28-67-46-14-44(65-26-34-10-32(16-52)18-58-20-34)38(12-42(46)50)22-60-24-48(62-55)63-56/h3-14,17-20,59-60H,21-28,54-56H2,1-2H3,(H2,53,61)(H,62,63). The van der Waals surface area contributed by atoms with Crippen LogP contribution in [0, 0.1) is 36.5 Å². The number of nitrogens with two attached hydrogens (primary N) is 4. The zero-order valence-electron chi connectivity index (χ0n) is 36.8. The average molecular weight is 943 g/mol. The largest absolute Gasteiger partial charge is 0.488 e. The third kappa shape index (κ3) is 13.2. The molecule has 0 aliphatic carbocycles. The van der Waals surface area contributed by atoms with Gasteiger partial charge in [-0.25, -0.2) is 5.84 Å². The number of halogens is 2. The number of hydrogen-bond acceptors (Lipinski definition) is 15. The van der Waals surface area contributed by atoms with Gasteiger partial charge in [-0.15, -0.1) is 0 Å². The first-order valence-electron chi connectivity index (χ1n) is 20.7. The number of aromatic nitrogens is 2. The SMILES string of the molecule is Cc1c(COc2cc(OCc3cncc(C#N)c3)c(CNC/C(N)=N/N)cc2Cl)cccc1-c1cccc(COc2cc(OCc3cncc(C#N)c3)c(CNC/C(=N/N)NN)cc2Cl)c1C. The molecule has 6 rings (SSSR count). The first kappa shape index (κ1) is 48.8. The van der Waals surface area contributed by atoms with Crippen LogP contribution in [-0.4, -0.2) is 34.7 Å². The lowest BCUT2D eigenvalue weighted by Gasteiger charge is -2.19. The van der Waals surface area contributed by atoms with Crippen LogP contribution in [0.2, 0.25) is 10.0 Å². The molecule has 11 N–H and O–H groups in total. The van der Waals surface area contributed by atoms with E-state index >= 15 is 0 Å². The van der Waals surface area contributed by atoms with Crippen molar-refractivity contribution in [3.05, 3.63) is 163 Å². The molecule has 6 aromatic rings. The molecule has 0 bridgehead atoms. The number of hydrazine groups is 1. The molecule has 17 nitrogen and oxygen atoms in total. The predicted molar refractivity (Wildman–Crippen MR) is 258 cm³/mol. The molecule has 0 saturated heterocycles. The molecule has 67 heavy (non-hydrogen) atoms. The van der Waals surface area contributed by atoms with Crippen LogP contribution in [0.4, 0.5) is 0 Å². The van der Waals surface area contributed by atoms with E-state index < -0.39 is 0 Å². The van der Waals surface area contributed by atoms with Crippen LogP contribution in [0.25, 0.3) is 11.1 Å². The normalized spacial score (nSPS) is 11.4. The van der Waals surface area contributed by atoms with Crippen LogP contribution >= 0.6 is 23.2 Å². The molecule has 344 valence electrons. The van der Waals surface area contributed by atoms with Crippen LogP contribution in [-0.2, 0) is 39.5 Å². The second kappa shape index (κ2) is 24.0. The Bertz CT molecular complexity index is 2850. The van der Waals surface area contributed by atoms with Gasteiger partial charge in [0.25, 0.3) is 0 Å². The van der Waals surface area contributed by atoms with Gasteiger partial charge in [-0.1, -0.05) is 59.6 Å². The molecule has 4 aromatic carbocycles. The van der Waals surface area contributed by atoms with Crippen molar-refractivity contribution in [1.29, 1.82) is 10.5 Å². The summed E-state index contributed by atoms with van der Waals surface area (Å²) in [4.78, 5) is 8.28. The summed E-state index contributed by atoms with van der Waals surface area (Å²) in [5.74, 6) is 18.7. The van der Waals surface area contributed by atoms with E-state index in [1.807, 2.05) is 24.3 Å². The topological polar surface area (TPSA) is 275 Å². The maximum atomic E-state index is 9.36. The lowest BCUT2D eigenvalue weighted by molar-refractivity contribution is 0.287. The van der Waals surface area contributed by atoms with Gasteiger partial charge in [0.05, 0.1) is 34.3 Å². The predicted octanol–water partition coefficient (Wildman–Crippen LogP) is 6.27. The van der Waals surface area contributed by atoms with Crippen molar-refractivity contribution in [2.24, 2.45) is 33.5 Å². The highest BCUT2D eigenvalue weighted by molar-refractivity contribution is 6.32. The molecule has 0 spiro atoms. The van der Waals surface area contributed by atoms with Gasteiger partial charge in [0.1, 0.15) is 73.2 Å². The average Bonchev–Trinajstić information content (AvgIpc) is 3.34. The quantitative estimate of drug-likeness (QED) is 0.0181. The molecule has 0 saturated carbocycles. The number of hydrogen-bond donors (Lipinski definition) is 7. The first-order valence-corrected chi connectivity index (χ1v) is 21.5. The Kier molecular flexibility index (Phi) is 17.5. The molecule has 0 aliphatic rings. The van der Waals surface area contributed by atoms with E-state index in [0.717, 1.165) is 55.6 Å². The van der Waals surface area contributed by atoms with Crippen molar-refractivity contribution >= 4 is 34.9 Å².